The average molecular weight is 338 g/mol. The molecule has 100 valence electrons. The number of aromatic hydroxyl groups is 1. The molecule has 0 saturated carbocycles. The molecule has 2 N–H and O–H groups in total. The van der Waals surface area contributed by atoms with Crippen LogP contribution in [0.2, 0.25) is 0 Å². The van der Waals surface area contributed by atoms with E-state index < -0.39 is 0 Å². The van der Waals surface area contributed by atoms with Crippen molar-refractivity contribution in [3.8, 4) is 5.75 Å². The maximum Gasteiger partial charge on any atom is 0.115 e. The molecule has 1 aromatic heterocycles. The van der Waals surface area contributed by atoms with Crippen molar-refractivity contribution in [2.24, 2.45) is 0 Å². The summed E-state index contributed by atoms with van der Waals surface area (Å²) in [5.74, 6) is 0.325. The van der Waals surface area contributed by atoms with Gasteiger partial charge in [0, 0.05) is 10.6 Å². The van der Waals surface area contributed by atoms with Crippen molar-refractivity contribution in [1.82, 2.24) is 0 Å². The fraction of sp³-hybridized carbons (Fsp3) is 0.333. The molecule has 1 unspecified atom stereocenters. The molecule has 0 radical (unpaired) electrons. The molecule has 1 heterocycles. The third-order valence-corrected chi connectivity index (χ3v) is 5.34. The van der Waals surface area contributed by atoms with E-state index in [2.05, 4.69) is 27.3 Å². The van der Waals surface area contributed by atoms with Gasteiger partial charge in [-0.1, -0.05) is 0 Å². The first-order valence-corrected chi connectivity index (χ1v) is 8.08. The van der Waals surface area contributed by atoms with Crippen LogP contribution in [0.3, 0.4) is 0 Å². The highest BCUT2D eigenvalue weighted by Crippen LogP contribution is 2.40. The van der Waals surface area contributed by atoms with Gasteiger partial charge in [-0.05, 0) is 77.5 Å². The number of phenolic OH excluding ortho intramolecular Hbond substituents is 1. The molecule has 0 spiro atoms. The third kappa shape index (κ3) is 2.65. The minimum Gasteiger partial charge on any atom is -0.508 e. The molecule has 1 atom stereocenters. The highest BCUT2D eigenvalue weighted by atomic mass is 79.9. The van der Waals surface area contributed by atoms with E-state index in [-0.39, 0.29) is 0 Å². The summed E-state index contributed by atoms with van der Waals surface area (Å²) < 4.78 is 1.22. The molecule has 1 aliphatic rings. The molecule has 2 aromatic rings. The lowest BCUT2D eigenvalue weighted by atomic mass is 9.93. The van der Waals surface area contributed by atoms with Gasteiger partial charge < -0.3 is 10.4 Å². The van der Waals surface area contributed by atoms with E-state index in [4.69, 9.17) is 0 Å². The summed E-state index contributed by atoms with van der Waals surface area (Å²) in [5, 5.41) is 13.1. The first-order chi connectivity index (χ1) is 9.13. The van der Waals surface area contributed by atoms with Crippen LogP contribution < -0.4 is 5.32 Å². The number of anilines is 1. The summed E-state index contributed by atoms with van der Waals surface area (Å²) in [4.78, 5) is 1.49. The number of phenols is 1. The van der Waals surface area contributed by atoms with Gasteiger partial charge in [0.1, 0.15) is 5.75 Å². The SMILES string of the molecule is Cc1cc(O)ccc1NC1CCCc2sc(Br)cc21. The fourth-order valence-electron chi connectivity index (χ4n) is 2.67. The number of thiophene rings is 1. The van der Waals surface area contributed by atoms with E-state index >= 15 is 0 Å². The lowest BCUT2D eigenvalue weighted by Gasteiger charge is -2.25. The molecule has 0 bridgehead atoms. The number of aryl methyl sites for hydroxylation is 2. The maximum atomic E-state index is 9.47. The summed E-state index contributed by atoms with van der Waals surface area (Å²) >= 11 is 5.43. The van der Waals surface area contributed by atoms with Gasteiger partial charge in [0.2, 0.25) is 0 Å². The van der Waals surface area contributed by atoms with E-state index in [0.29, 0.717) is 11.8 Å². The van der Waals surface area contributed by atoms with Crippen LogP contribution in [0.15, 0.2) is 28.1 Å². The normalized spacial score (nSPS) is 18.1. The molecule has 19 heavy (non-hydrogen) atoms. The van der Waals surface area contributed by atoms with Crippen molar-refractivity contribution in [3.63, 3.8) is 0 Å². The molecule has 3 rings (SSSR count). The molecular weight excluding hydrogens is 322 g/mol. The van der Waals surface area contributed by atoms with Crippen LogP contribution in [0.5, 0.6) is 5.75 Å². The molecule has 0 fully saturated rings. The molecule has 4 heteroatoms. The van der Waals surface area contributed by atoms with Crippen LogP contribution in [-0.4, -0.2) is 5.11 Å². The lowest BCUT2D eigenvalue weighted by Crippen LogP contribution is -2.16. The van der Waals surface area contributed by atoms with Crippen molar-refractivity contribution in [2.75, 3.05) is 5.32 Å². The first kappa shape index (κ1) is 13.0. The van der Waals surface area contributed by atoms with E-state index in [1.54, 1.807) is 12.1 Å². The van der Waals surface area contributed by atoms with Gasteiger partial charge in [-0.15, -0.1) is 11.3 Å². The number of rotatable bonds is 2. The number of benzene rings is 1. The third-order valence-electron chi connectivity index (χ3n) is 3.62. The monoisotopic (exact) mass is 337 g/mol. The quantitative estimate of drug-likeness (QED) is 0.754. The second-order valence-electron chi connectivity index (χ2n) is 5.02. The average Bonchev–Trinajstić information content (AvgIpc) is 2.74. The number of halogens is 1. The summed E-state index contributed by atoms with van der Waals surface area (Å²) in [6.45, 7) is 2.02. The van der Waals surface area contributed by atoms with E-state index in [1.807, 2.05) is 24.3 Å². The Morgan fingerprint density at radius 3 is 3.00 bits per heavy atom. The lowest BCUT2D eigenvalue weighted by molar-refractivity contribution is 0.475. The van der Waals surface area contributed by atoms with Crippen molar-refractivity contribution in [1.29, 1.82) is 0 Å². The summed E-state index contributed by atoms with van der Waals surface area (Å²) in [6.07, 6.45) is 3.59. The topological polar surface area (TPSA) is 32.3 Å². The summed E-state index contributed by atoms with van der Waals surface area (Å²) in [5.41, 5.74) is 3.62. The van der Waals surface area contributed by atoms with E-state index in [1.165, 1.54) is 27.1 Å². The highest BCUT2D eigenvalue weighted by molar-refractivity contribution is 9.11. The van der Waals surface area contributed by atoms with E-state index in [0.717, 1.165) is 17.7 Å². The van der Waals surface area contributed by atoms with Crippen LogP contribution in [0.4, 0.5) is 5.69 Å². The van der Waals surface area contributed by atoms with Crippen molar-refractivity contribution in [3.05, 3.63) is 44.1 Å². The Balaban J connectivity index is 1.88. The molecule has 0 aliphatic heterocycles. The van der Waals surface area contributed by atoms with Crippen molar-refractivity contribution < 1.29 is 5.11 Å². The zero-order valence-corrected chi connectivity index (χ0v) is 13.1. The zero-order valence-electron chi connectivity index (χ0n) is 10.7. The Morgan fingerprint density at radius 1 is 1.37 bits per heavy atom. The Labute approximate surface area is 125 Å². The zero-order chi connectivity index (χ0) is 13.4. The van der Waals surface area contributed by atoms with Crippen molar-refractivity contribution in [2.45, 2.75) is 32.2 Å². The van der Waals surface area contributed by atoms with Gasteiger partial charge >= 0.3 is 0 Å². The van der Waals surface area contributed by atoms with Gasteiger partial charge in [-0.3, -0.25) is 0 Å². The van der Waals surface area contributed by atoms with Gasteiger partial charge in [0.15, 0.2) is 0 Å². The second-order valence-corrected chi connectivity index (χ2v) is 7.53. The van der Waals surface area contributed by atoms with Crippen LogP contribution in [0.1, 0.15) is 34.9 Å². The smallest absolute Gasteiger partial charge is 0.115 e. The Hall–Kier alpha value is -1.00. The predicted molar refractivity (Wildman–Crippen MR) is 84.2 cm³/mol. The van der Waals surface area contributed by atoms with Gasteiger partial charge in [0.05, 0.1) is 9.83 Å². The number of nitrogens with one attached hydrogen (secondary N) is 1. The Kier molecular flexibility index (Phi) is 3.54. The fourth-order valence-corrected chi connectivity index (χ4v) is 4.49. The minimum absolute atomic E-state index is 0.325. The molecule has 1 aliphatic carbocycles. The van der Waals surface area contributed by atoms with Gasteiger partial charge in [0.25, 0.3) is 0 Å². The van der Waals surface area contributed by atoms with Gasteiger partial charge in [-0.25, -0.2) is 0 Å². The molecule has 0 saturated heterocycles. The largest absolute Gasteiger partial charge is 0.508 e. The predicted octanol–water partition coefficient (Wildman–Crippen LogP) is 5.01. The van der Waals surface area contributed by atoms with Crippen molar-refractivity contribution >= 4 is 33.0 Å². The van der Waals surface area contributed by atoms with Gasteiger partial charge in [-0.2, -0.15) is 0 Å². The summed E-state index contributed by atoms with van der Waals surface area (Å²) in [7, 11) is 0. The standard InChI is InChI=1S/C15H16BrNOS/c1-9-7-10(18)5-6-12(9)17-13-3-2-4-14-11(13)8-15(16)19-14/h5-8,13,17-18H,2-4H2,1H3. The number of hydrogen-bond donors (Lipinski definition) is 2. The molecule has 0 amide bonds. The molecular formula is C15H16BrNOS. The van der Waals surface area contributed by atoms with Crippen LogP contribution in [0, 0.1) is 6.92 Å². The first-order valence-electron chi connectivity index (χ1n) is 6.48. The number of hydrogen-bond acceptors (Lipinski definition) is 3. The number of fused-ring (bicyclic) bond motifs is 1. The molecule has 1 aromatic carbocycles. The van der Waals surface area contributed by atoms with Crippen LogP contribution in [-0.2, 0) is 6.42 Å². The van der Waals surface area contributed by atoms with Crippen LogP contribution in [0.25, 0.3) is 0 Å². The second kappa shape index (κ2) is 5.17. The molecule has 2 nitrogen and oxygen atoms in total. The van der Waals surface area contributed by atoms with Crippen LogP contribution >= 0.6 is 27.3 Å². The summed E-state index contributed by atoms with van der Waals surface area (Å²) in [6, 6.07) is 8.13. The maximum absolute atomic E-state index is 9.47. The minimum atomic E-state index is 0.325. The highest BCUT2D eigenvalue weighted by Gasteiger charge is 2.22. The van der Waals surface area contributed by atoms with E-state index in [9.17, 15) is 5.11 Å². The Morgan fingerprint density at radius 2 is 2.21 bits per heavy atom. The Bertz CT molecular complexity index is 608.